The molecule has 1 rings (SSSR count). The predicted octanol–water partition coefficient (Wildman–Crippen LogP) is -0.986. The molecule has 0 amide bonds. The van der Waals surface area contributed by atoms with Gasteiger partial charge in [0.1, 0.15) is 18.3 Å². The van der Waals surface area contributed by atoms with Crippen molar-refractivity contribution in [2.24, 2.45) is 0 Å². The zero-order valence-corrected chi connectivity index (χ0v) is 9.62. The number of hydrogen-bond acceptors (Lipinski definition) is 6. The lowest BCUT2D eigenvalue weighted by Crippen LogP contribution is -2.35. The fourth-order valence-corrected chi connectivity index (χ4v) is 1.42. The summed E-state index contributed by atoms with van der Waals surface area (Å²) < 4.78 is 5.01. The van der Waals surface area contributed by atoms with Gasteiger partial charge in [-0.15, -0.1) is 0 Å². The molecule has 0 fully saturated rings. The number of carbonyl (C=O) groups excluding carboxylic acids is 1. The van der Waals surface area contributed by atoms with Crippen LogP contribution in [-0.4, -0.2) is 57.0 Å². The smallest absolute Gasteiger partial charge is 0.194 e. The summed E-state index contributed by atoms with van der Waals surface area (Å²) in [5.74, 6) is -0.101. The quantitative estimate of drug-likeness (QED) is 0.478. The van der Waals surface area contributed by atoms with Gasteiger partial charge in [-0.2, -0.15) is 0 Å². The Morgan fingerprint density at radius 2 is 2.24 bits per heavy atom. The summed E-state index contributed by atoms with van der Waals surface area (Å²) in [4.78, 5) is 17.5. The van der Waals surface area contributed by atoms with Gasteiger partial charge in [0.25, 0.3) is 0 Å². The molecule has 7 heteroatoms. The zero-order valence-electron chi connectivity index (χ0n) is 9.62. The topological polar surface area (TPSA) is 116 Å². The molecule has 1 aromatic heterocycles. The minimum absolute atomic E-state index is 0.146. The van der Waals surface area contributed by atoms with Crippen LogP contribution < -0.4 is 0 Å². The molecule has 0 saturated carbocycles. The molecule has 96 valence electrons. The first-order chi connectivity index (χ1) is 8.01. The van der Waals surface area contributed by atoms with Crippen molar-refractivity contribution in [1.82, 2.24) is 9.97 Å². The Morgan fingerprint density at radius 1 is 1.59 bits per heavy atom. The van der Waals surface area contributed by atoms with E-state index in [2.05, 4.69) is 9.97 Å². The van der Waals surface area contributed by atoms with E-state index in [1.165, 1.54) is 20.2 Å². The summed E-state index contributed by atoms with van der Waals surface area (Å²) in [6, 6.07) is 0. The van der Waals surface area contributed by atoms with Crippen LogP contribution in [-0.2, 0) is 4.74 Å². The summed E-state index contributed by atoms with van der Waals surface area (Å²) in [5, 5.41) is 27.8. The van der Waals surface area contributed by atoms with E-state index < -0.39 is 24.9 Å². The van der Waals surface area contributed by atoms with E-state index in [-0.39, 0.29) is 11.6 Å². The number of H-pyrrole nitrogens is 1. The molecule has 0 unspecified atom stereocenters. The first-order valence-electron chi connectivity index (χ1n) is 5.06. The molecule has 0 radical (unpaired) electrons. The van der Waals surface area contributed by atoms with Crippen molar-refractivity contribution in [3.63, 3.8) is 0 Å². The number of hydrogen-bond donors (Lipinski definition) is 4. The fraction of sp³-hybridized carbons (Fsp3) is 0.600. The number of aliphatic hydroxyl groups excluding tert-OH is 3. The number of carbonyl (C=O) groups is 1. The number of Topliss-reactive ketones (excluding diaryl/α,β-unsaturated/α-hetero) is 1. The Hall–Kier alpha value is -1.28. The minimum Gasteiger partial charge on any atom is -0.394 e. The fourth-order valence-electron chi connectivity index (χ4n) is 1.42. The molecule has 4 N–H and O–H groups in total. The van der Waals surface area contributed by atoms with Crippen molar-refractivity contribution in [3.05, 3.63) is 17.7 Å². The van der Waals surface area contributed by atoms with Gasteiger partial charge in [0, 0.05) is 14.0 Å². The van der Waals surface area contributed by atoms with Gasteiger partial charge in [-0.1, -0.05) is 0 Å². The van der Waals surface area contributed by atoms with E-state index in [9.17, 15) is 15.0 Å². The molecule has 0 aliphatic rings. The summed E-state index contributed by atoms with van der Waals surface area (Å²) in [7, 11) is 1.34. The molecule has 0 saturated heterocycles. The molecule has 17 heavy (non-hydrogen) atoms. The van der Waals surface area contributed by atoms with Gasteiger partial charge in [-0.05, 0) is 0 Å². The normalized spacial score (nSPS) is 16.5. The van der Waals surface area contributed by atoms with E-state index >= 15 is 0 Å². The SMILES string of the molecule is CO[C@H](c1cnc(C(C)=O)[nH]1)[C@H](O)[C@H](O)CO. The van der Waals surface area contributed by atoms with Crippen LogP contribution in [0.3, 0.4) is 0 Å². The molecule has 0 spiro atoms. The molecule has 0 aliphatic carbocycles. The molecule has 1 heterocycles. The first-order valence-corrected chi connectivity index (χ1v) is 5.06. The molecule has 0 aliphatic heterocycles. The van der Waals surface area contributed by atoms with Gasteiger partial charge < -0.3 is 25.0 Å². The zero-order chi connectivity index (χ0) is 13.0. The minimum atomic E-state index is -1.33. The van der Waals surface area contributed by atoms with E-state index in [1.807, 2.05) is 0 Å². The third-order valence-electron chi connectivity index (χ3n) is 2.38. The lowest BCUT2D eigenvalue weighted by atomic mass is 10.1. The van der Waals surface area contributed by atoms with Crippen LogP contribution in [0.2, 0.25) is 0 Å². The Bertz CT molecular complexity index is 379. The second-order valence-corrected chi connectivity index (χ2v) is 3.64. The average molecular weight is 244 g/mol. The van der Waals surface area contributed by atoms with Crippen molar-refractivity contribution < 1.29 is 24.9 Å². The van der Waals surface area contributed by atoms with Crippen LogP contribution in [0.5, 0.6) is 0 Å². The summed E-state index contributed by atoms with van der Waals surface area (Å²) >= 11 is 0. The number of rotatable bonds is 6. The number of nitrogens with one attached hydrogen (secondary N) is 1. The maximum Gasteiger partial charge on any atom is 0.194 e. The Labute approximate surface area is 98.1 Å². The first kappa shape index (κ1) is 13.8. The number of nitrogens with zero attached hydrogens (tertiary/aromatic N) is 1. The van der Waals surface area contributed by atoms with Crippen LogP contribution in [0.4, 0.5) is 0 Å². The highest BCUT2D eigenvalue weighted by molar-refractivity contribution is 5.90. The average Bonchev–Trinajstić information content (AvgIpc) is 2.78. The number of aliphatic hydroxyl groups is 3. The maximum atomic E-state index is 11.0. The molecular weight excluding hydrogens is 228 g/mol. The van der Waals surface area contributed by atoms with Crippen LogP contribution in [0.15, 0.2) is 6.20 Å². The van der Waals surface area contributed by atoms with Gasteiger partial charge in [-0.25, -0.2) is 4.98 Å². The molecule has 0 aromatic carbocycles. The number of aromatic amines is 1. The van der Waals surface area contributed by atoms with Crippen molar-refractivity contribution >= 4 is 5.78 Å². The largest absolute Gasteiger partial charge is 0.394 e. The molecule has 0 bridgehead atoms. The van der Waals surface area contributed by atoms with Gasteiger partial charge in [0.2, 0.25) is 0 Å². The number of ketones is 1. The Balaban J connectivity index is 2.89. The van der Waals surface area contributed by atoms with Gasteiger partial charge in [0.05, 0.1) is 18.5 Å². The Kier molecular flexibility index (Phi) is 4.76. The summed E-state index contributed by atoms with van der Waals surface area (Å²) in [6.45, 7) is 0.762. The molecule has 7 nitrogen and oxygen atoms in total. The van der Waals surface area contributed by atoms with Crippen LogP contribution in [0.1, 0.15) is 29.3 Å². The van der Waals surface area contributed by atoms with Crippen LogP contribution >= 0.6 is 0 Å². The van der Waals surface area contributed by atoms with Crippen molar-refractivity contribution in [2.75, 3.05) is 13.7 Å². The highest BCUT2D eigenvalue weighted by atomic mass is 16.5. The molecule has 3 atom stereocenters. The van der Waals surface area contributed by atoms with E-state index in [4.69, 9.17) is 9.84 Å². The standard InChI is InChI=1S/C10H16N2O5/c1-5(14)10-11-3-6(12-10)9(17-2)8(16)7(15)4-13/h3,7-9,13,15-16H,4H2,1-2H3,(H,11,12)/t7-,8-,9-/m1/s1. The van der Waals surface area contributed by atoms with Gasteiger partial charge in [0.15, 0.2) is 11.6 Å². The second-order valence-electron chi connectivity index (χ2n) is 3.64. The number of imidazole rings is 1. The monoisotopic (exact) mass is 244 g/mol. The third kappa shape index (κ3) is 3.10. The molecule has 1 aromatic rings. The lowest BCUT2D eigenvalue weighted by molar-refractivity contribution is -0.0926. The number of methoxy groups -OCH3 is 1. The van der Waals surface area contributed by atoms with Crippen LogP contribution in [0, 0.1) is 0 Å². The lowest BCUT2D eigenvalue weighted by Gasteiger charge is -2.23. The van der Waals surface area contributed by atoms with E-state index in [1.54, 1.807) is 0 Å². The second kappa shape index (κ2) is 5.87. The maximum absolute atomic E-state index is 11.0. The highest BCUT2D eigenvalue weighted by Gasteiger charge is 2.29. The summed E-state index contributed by atoms with van der Waals surface area (Å²) in [5.41, 5.74) is 0.359. The van der Waals surface area contributed by atoms with Crippen molar-refractivity contribution in [3.8, 4) is 0 Å². The van der Waals surface area contributed by atoms with Crippen molar-refractivity contribution in [1.29, 1.82) is 0 Å². The number of ether oxygens (including phenoxy) is 1. The number of aromatic nitrogens is 2. The Morgan fingerprint density at radius 3 is 2.65 bits per heavy atom. The van der Waals surface area contributed by atoms with E-state index in [0.717, 1.165) is 0 Å². The van der Waals surface area contributed by atoms with Gasteiger partial charge >= 0.3 is 0 Å². The highest BCUT2D eigenvalue weighted by Crippen LogP contribution is 2.21. The molecular formula is C10H16N2O5. The summed E-state index contributed by atoms with van der Waals surface area (Å²) in [6.07, 6.45) is -2.19. The third-order valence-corrected chi connectivity index (χ3v) is 2.38. The van der Waals surface area contributed by atoms with Crippen molar-refractivity contribution in [2.45, 2.75) is 25.2 Å². The van der Waals surface area contributed by atoms with Crippen LogP contribution in [0.25, 0.3) is 0 Å². The van der Waals surface area contributed by atoms with E-state index in [0.29, 0.717) is 5.69 Å². The van der Waals surface area contributed by atoms with Gasteiger partial charge in [-0.3, -0.25) is 4.79 Å². The predicted molar refractivity (Wildman–Crippen MR) is 57.4 cm³/mol.